The maximum absolute atomic E-state index is 11.7. The minimum atomic E-state index is -0.0578. The lowest BCUT2D eigenvalue weighted by Crippen LogP contribution is -2.38. The molecule has 3 atom stereocenters. The van der Waals surface area contributed by atoms with Crippen molar-refractivity contribution in [1.29, 1.82) is 0 Å². The number of hydrogen-bond acceptors (Lipinski definition) is 2. The largest absolute Gasteiger partial charge is 0.459 e. The van der Waals surface area contributed by atoms with E-state index in [9.17, 15) is 4.79 Å². The van der Waals surface area contributed by atoms with Gasteiger partial charge in [0.2, 0.25) is 0 Å². The molecule has 3 nitrogen and oxygen atoms in total. The first-order chi connectivity index (χ1) is 7.33. The van der Waals surface area contributed by atoms with Crippen LogP contribution in [0.3, 0.4) is 0 Å². The molecule has 80 valence electrons. The molecule has 2 bridgehead atoms. The fourth-order valence-electron chi connectivity index (χ4n) is 3.07. The topological polar surface area (TPSA) is 42.2 Å². The van der Waals surface area contributed by atoms with Crippen molar-refractivity contribution >= 4 is 5.91 Å². The van der Waals surface area contributed by atoms with Gasteiger partial charge < -0.3 is 9.73 Å². The van der Waals surface area contributed by atoms with Gasteiger partial charge in [-0.2, -0.15) is 0 Å². The van der Waals surface area contributed by atoms with E-state index in [4.69, 9.17) is 4.42 Å². The summed E-state index contributed by atoms with van der Waals surface area (Å²) < 4.78 is 5.07. The fourth-order valence-corrected chi connectivity index (χ4v) is 3.07. The maximum Gasteiger partial charge on any atom is 0.287 e. The third-order valence-corrected chi connectivity index (χ3v) is 3.80. The van der Waals surface area contributed by atoms with Crippen molar-refractivity contribution < 1.29 is 9.21 Å². The van der Waals surface area contributed by atoms with Crippen molar-refractivity contribution in [1.82, 2.24) is 5.32 Å². The molecule has 2 saturated carbocycles. The molecular formula is C12H15NO2. The summed E-state index contributed by atoms with van der Waals surface area (Å²) in [5.74, 6) is 1.95. The minimum Gasteiger partial charge on any atom is -0.459 e. The molecule has 15 heavy (non-hydrogen) atoms. The van der Waals surface area contributed by atoms with E-state index < -0.39 is 0 Å². The van der Waals surface area contributed by atoms with Crippen LogP contribution in [0, 0.1) is 11.8 Å². The predicted octanol–water partition coefficient (Wildman–Crippen LogP) is 2.20. The van der Waals surface area contributed by atoms with Crippen LogP contribution < -0.4 is 5.32 Å². The lowest BCUT2D eigenvalue weighted by atomic mass is 9.95. The second-order valence-electron chi connectivity index (χ2n) is 4.73. The van der Waals surface area contributed by atoms with E-state index in [0.29, 0.717) is 17.7 Å². The fraction of sp³-hybridized carbons (Fsp3) is 0.583. The number of amides is 1. The van der Waals surface area contributed by atoms with Crippen LogP contribution in [0.25, 0.3) is 0 Å². The Kier molecular flexibility index (Phi) is 2.04. The van der Waals surface area contributed by atoms with Gasteiger partial charge in [-0.05, 0) is 43.2 Å². The van der Waals surface area contributed by atoms with Gasteiger partial charge in [0.1, 0.15) is 0 Å². The smallest absolute Gasteiger partial charge is 0.287 e. The third-order valence-electron chi connectivity index (χ3n) is 3.80. The standard InChI is InChI=1S/C12H15NO2/c14-12(11-2-1-5-15-11)13-10-7-8-3-4-9(10)6-8/h1-2,5,8-10H,3-4,6-7H2,(H,13,14)/t8-,9-,10+/m1/s1. The van der Waals surface area contributed by atoms with Crippen LogP contribution in [0.15, 0.2) is 22.8 Å². The molecule has 2 aliphatic carbocycles. The van der Waals surface area contributed by atoms with Crippen LogP contribution in [0.2, 0.25) is 0 Å². The van der Waals surface area contributed by atoms with Crippen LogP contribution >= 0.6 is 0 Å². The molecule has 3 rings (SSSR count). The molecule has 1 aromatic heterocycles. The highest BCUT2D eigenvalue weighted by atomic mass is 16.3. The highest BCUT2D eigenvalue weighted by Gasteiger charge is 2.40. The van der Waals surface area contributed by atoms with Crippen molar-refractivity contribution in [3.05, 3.63) is 24.2 Å². The van der Waals surface area contributed by atoms with E-state index in [-0.39, 0.29) is 5.91 Å². The Morgan fingerprint density at radius 1 is 1.40 bits per heavy atom. The summed E-state index contributed by atoms with van der Waals surface area (Å²) in [7, 11) is 0. The monoisotopic (exact) mass is 205 g/mol. The van der Waals surface area contributed by atoms with Crippen LogP contribution in [0.1, 0.15) is 36.2 Å². The van der Waals surface area contributed by atoms with Gasteiger partial charge in [0.25, 0.3) is 5.91 Å². The predicted molar refractivity (Wildman–Crippen MR) is 55.4 cm³/mol. The molecule has 2 fully saturated rings. The number of furan rings is 1. The van der Waals surface area contributed by atoms with E-state index in [1.165, 1.54) is 25.5 Å². The Morgan fingerprint density at radius 3 is 2.93 bits per heavy atom. The SMILES string of the molecule is O=C(N[C@H]1C[C@@H]2CC[C@@H]1C2)c1ccco1. The summed E-state index contributed by atoms with van der Waals surface area (Å²) in [5.41, 5.74) is 0. The van der Waals surface area contributed by atoms with Gasteiger partial charge in [-0.25, -0.2) is 0 Å². The molecule has 1 N–H and O–H groups in total. The summed E-state index contributed by atoms with van der Waals surface area (Å²) >= 11 is 0. The lowest BCUT2D eigenvalue weighted by molar-refractivity contribution is 0.0894. The summed E-state index contributed by atoms with van der Waals surface area (Å²) in [6.07, 6.45) is 6.65. The summed E-state index contributed by atoms with van der Waals surface area (Å²) in [6.45, 7) is 0. The van der Waals surface area contributed by atoms with E-state index in [1.807, 2.05) is 0 Å². The number of nitrogens with one attached hydrogen (secondary N) is 1. The normalized spacial score (nSPS) is 33.2. The van der Waals surface area contributed by atoms with Gasteiger partial charge in [-0.3, -0.25) is 4.79 Å². The van der Waals surface area contributed by atoms with Gasteiger partial charge >= 0.3 is 0 Å². The molecule has 0 aliphatic heterocycles. The second kappa shape index (κ2) is 3.40. The van der Waals surface area contributed by atoms with Gasteiger partial charge in [0.05, 0.1) is 6.26 Å². The molecule has 0 radical (unpaired) electrons. The van der Waals surface area contributed by atoms with E-state index in [1.54, 1.807) is 12.1 Å². The number of rotatable bonds is 2. The molecular weight excluding hydrogens is 190 g/mol. The average Bonchev–Trinajstić information content (AvgIpc) is 2.95. The Hall–Kier alpha value is -1.25. The van der Waals surface area contributed by atoms with Crippen molar-refractivity contribution in [2.45, 2.75) is 31.7 Å². The van der Waals surface area contributed by atoms with E-state index in [0.717, 1.165) is 12.3 Å². The highest BCUT2D eigenvalue weighted by Crippen LogP contribution is 2.44. The number of carbonyl (C=O) groups excluding carboxylic acids is 1. The molecule has 1 amide bonds. The first kappa shape index (κ1) is 9.01. The molecule has 0 unspecified atom stereocenters. The maximum atomic E-state index is 11.7. The van der Waals surface area contributed by atoms with Crippen LogP contribution in [0.4, 0.5) is 0 Å². The molecule has 0 aromatic carbocycles. The lowest BCUT2D eigenvalue weighted by Gasteiger charge is -2.22. The minimum absolute atomic E-state index is 0.0578. The quantitative estimate of drug-likeness (QED) is 0.804. The zero-order chi connectivity index (χ0) is 10.3. The van der Waals surface area contributed by atoms with Gasteiger partial charge in [-0.15, -0.1) is 0 Å². The van der Waals surface area contributed by atoms with Crippen LogP contribution in [0.5, 0.6) is 0 Å². The first-order valence-corrected chi connectivity index (χ1v) is 5.67. The summed E-state index contributed by atoms with van der Waals surface area (Å²) in [6, 6.07) is 3.85. The molecule has 3 heteroatoms. The van der Waals surface area contributed by atoms with Crippen molar-refractivity contribution in [2.75, 3.05) is 0 Å². The Bertz CT molecular complexity index is 358. The van der Waals surface area contributed by atoms with Gasteiger partial charge in [0.15, 0.2) is 5.76 Å². The average molecular weight is 205 g/mol. The molecule has 1 aromatic rings. The van der Waals surface area contributed by atoms with Crippen molar-refractivity contribution in [3.8, 4) is 0 Å². The molecule has 0 spiro atoms. The Balaban J connectivity index is 1.64. The van der Waals surface area contributed by atoms with E-state index in [2.05, 4.69) is 5.32 Å². The van der Waals surface area contributed by atoms with E-state index >= 15 is 0 Å². The molecule has 2 aliphatic rings. The number of hydrogen-bond donors (Lipinski definition) is 1. The summed E-state index contributed by atoms with van der Waals surface area (Å²) in [5, 5.41) is 3.08. The van der Waals surface area contributed by atoms with Crippen LogP contribution in [-0.2, 0) is 0 Å². The van der Waals surface area contributed by atoms with Crippen LogP contribution in [-0.4, -0.2) is 11.9 Å². The molecule has 1 heterocycles. The highest BCUT2D eigenvalue weighted by molar-refractivity contribution is 5.91. The van der Waals surface area contributed by atoms with Gasteiger partial charge in [0, 0.05) is 6.04 Å². The first-order valence-electron chi connectivity index (χ1n) is 5.67. The second-order valence-corrected chi connectivity index (χ2v) is 4.73. The zero-order valence-corrected chi connectivity index (χ0v) is 8.61. The molecule has 0 saturated heterocycles. The number of carbonyl (C=O) groups is 1. The Morgan fingerprint density at radius 2 is 2.33 bits per heavy atom. The van der Waals surface area contributed by atoms with Gasteiger partial charge in [-0.1, -0.05) is 6.42 Å². The van der Waals surface area contributed by atoms with Crippen molar-refractivity contribution in [2.24, 2.45) is 11.8 Å². The zero-order valence-electron chi connectivity index (χ0n) is 8.61. The number of fused-ring (bicyclic) bond motifs is 2. The van der Waals surface area contributed by atoms with Crippen molar-refractivity contribution in [3.63, 3.8) is 0 Å². The Labute approximate surface area is 88.8 Å². The third kappa shape index (κ3) is 1.56. The summed E-state index contributed by atoms with van der Waals surface area (Å²) in [4.78, 5) is 11.7.